The topological polar surface area (TPSA) is 96.8 Å². The van der Waals surface area contributed by atoms with Gasteiger partial charge < -0.3 is 15.3 Å². The number of nitrogens with zero attached hydrogens (tertiary/aromatic N) is 1. The van der Waals surface area contributed by atoms with E-state index in [1.54, 1.807) is 19.1 Å². The van der Waals surface area contributed by atoms with Gasteiger partial charge in [-0.1, -0.05) is 0 Å². The van der Waals surface area contributed by atoms with Crippen molar-refractivity contribution in [2.75, 3.05) is 11.9 Å². The summed E-state index contributed by atoms with van der Waals surface area (Å²) in [5.74, 6) is -0.577. The monoisotopic (exact) mass is 226 g/mol. The largest absolute Gasteiger partial charge is 0.481 e. The zero-order valence-electron chi connectivity index (χ0n) is 9.14. The van der Waals surface area contributed by atoms with Crippen molar-refractivity contribution in [1.82, 2.24) is 0 Å². The van der Waals surface area contributed by atoms with Crippen LogP contribution in [0.25, 0.3) is 0 Å². The molecule has 1 rings (SSSR count). The SMILES string of the molecule is Cc1ccc(N(C)C(=O)C(N)CC(=O)O)o1. The summed E-state index contributed by atoms with van der Waals surface area (Å²) in [5.41, 5.74) is 5.45. The number of carbonyl (C=O) groups excluding carboxylic acids is 1. The maximum absolute atomic E-state index is 11.7. The molecule has 16 heavy (non-hydrogen) atoms. The first-order valence-corrected chi connectivity index (χ1v) is 4.73. The fourth-order valence-corrected chi connectivity index (χ4v) is 1.23. The number of carbonyl (C=O) groups is 2. The molecule has 1 heterocycles. The third kappa shape index (κ3) is 2.83. The second-order valence-corrected chi connectivity index (χ2v) is 3.49. The summed E-state index contributed by atoms with van der Waals surface area (Å²) in [6, 6.07) is 2.27. The lowest BCUT2D eigenvalue weighted by atomic mass is 10.2. The highest BCUT2D eigenvalue weighted by atomic mass is 16.4. The van der Waals surface area contributed by atoms with E-state index in [4.69, 9.17) is 15.3 Å². The van der Waals surface area contributed by atoms with Gasteiger partial charge in [-0.3, -0.25) is 14.5 Å². The molecule has 1 aromatic heterocycles. The molecular formula is C10H14N2O4. The second kappa shape index (κ2) is 4.80. The van der Waals surface area contributed by atoms with Crippen LogP contribution < -0.4 is 10.6 Å². The molecule has 6 heteroatoms. The number of carboxylic acids is 1. The molecule has 0 aliphatic heterocycles. The maximum atomic E-state index is 11.7. The van der Waals surface area contributed by atoms with Crippen molar-refractivity contribution in [2.24, 2.45) is 5.73 Å². The molecule has 88 valence electrons. The number of nitrogens with two attached hydrogens (primary N) is 1. The minimum Gasteiger partial charge on any atom is -0.481 e. The molecule has 0 saturated heterocycles. The summed E-state index contributed by atoms with van der Waals surface area (Å²) in [5, 5.41) is 8.52. The number of furan rings is 1. The zero-order chi connectivity index (χ0) is 12.3. The highest BCUT2D eigenvalue weighted by molar-refractivity contribution is 5.97. The fourth-order valence-electron chi connectivity index (χ4n) is 1.23. The van der Waals surface area contributed by atoms with E-state index in [0.717, 1.165) is 0 Å². The van der Waals surface area contributed by atoms with E-state index in [1.165, 1.54) is 11.9 Å². The molecule has 0 radical (unpaired) electrons. The first kappa shape index (κ1) is 12.3. The van der Waals surface area contributed by atoms with Crippen LogP contribution >= 0.6 is 0 Å². The summed E-state index contributed by atoms with van der Waals surface area (Å²) < 4.78 is 5.22. The number of aliphatic carboxylic acids is 1. The first-order chi connectivity index (χ1) is 7.41. The van der Waals surface area contributed by atoms with Gasteiger partial charge in [-0.05, 0) is 13.0 Å². The zero-order valence-corrected chi connectivity index (χ0v) is 9.14. The van der Waals surface area contributed by atoms with Crippen molar-refractivity contribution in [3.05, 3.63) is 17.9 Å². The van der Waals surface area contributed by atoms with Gasteiger partial charge in [0.25, 0.3) is 0 Å². The van der Waals surface area contributed by atoms with E-state index in [2.05, 4.69) is 0 Å². The standard InChI is InChI=1S/C10H14N2O4/c1-6-3-4-8(16-6)12(2)10(15)7(11)5-9(13)14/h3-4,7H,5,11H2,1-2H3,(H,13,14). The molecule has 3 N–H and O–H groups in total. The number of hydrogen-bond acceptors (Lipinski definition) is 4. The van der Waals surface area contributed by atoms with Crippen LogP contribution in [-0.4, -0.2) is 30.1 Å². The van der Waals surface area contributed by atoms with Gasteiger partial charge in [0.1, 0.15) is 5.76 Å². The van der Waals surface area contributed by atoms with Crippen molar-refractivity contribution in [1.29, 1.82) is 0 Å². The van der Waals surface area contributed by atoms with Crippen molar-refractivity contribution < 1.29 is 19.1 Å². The normalized spacial score (nSPS) is 12.2. The Kier molecular flexibility index (Phi) is 3.68. The van der Waals surface area contributed by atoms with Gasteiger partial charge in [0, 0.05) is 13.1 Å². The van der Waals surface area contributed by atoms with Crippen LogP contribution in [0.5, 0.6) is 0 Å². The summed E-state index contributed by atoms with van der Waals surface area (Å²) >= 11 is 0. The predicted octanol–water partition coefficient (Wildman–Crippen LogP) is 0.353. The second-order valence-electron chi connectivity index (χ2n) is 3.49. The molecule has 0 aliphatic carbocycles. The van der Waals surface area contributed by atoms with E-state index in [0.29, 0.717) is 11.6 Å². The van der Waals surface area contributed by atoms with Crippen molar-refractivity contribution in [3.63, 3.8) is 0 Å². The summed E-state index contributed by atoms with van der Waals surface area (Å²) in [6.07, 6.45) is -0.400. The fraction of sp³-hybridized carbons (Fsp3) is 0.400. The quantitative estimate of drug-likeness (QED) is 0.772. The molecule has 0 aliphatic rings. The number of anilines is 1. The number of carboxylic acid groups (broad SMARTS) is 1. The van der Waals surface area contributed by atoms with Crippen molar-refractivity contribution in [3.8, 4) is 0 Å². The number of hydrogen-bond donors (Lipinski definition) is 2. The van der Waals surface area contributed by atoms with E-state index >= 15 is 0 Å². The molecule has 0 bridgehead atoms. The minimum absolute atomic E-state index is 0.350. The molecule has 1 atom stereocenters. The van der Waals surface area contributed by atoms with Crippen LogP contribution in [0.3, 0.4) is 0 Å². The molecule has 0 aromatic carbocycles. The molecule has 1 unspecified atom stereocenters. The minimum atomic E-state index is -1.11. The van der Waals surface area contributed by atoms with Gasteiger partial charge in [0.05, 0.1) is 12.5 Å². The van der Waals surface area contributed by atoms with Crippen LogP contribution in [0.2, 0.25) is 0 Å². The van der Waals surface area contributed by atoms with Gasteiger partial charge in [0.15, 0.2) is 0 Å². The maximum Gasteiger partial charge on any atom is 0.305 e. The van der Waals surface area contributed by atoms with Crippen LogP contribution in [-0.2, 0) is 9.59 Å². The molecule has 6 nitrogen and oxygen atoms in total. The average molecular weight is 226 g/mol. The summed E-state index contributed by atoms with van der Waals surface area (Å²) in [7, 11) is 1.49. The van der Waals surface area contributed by atoms with E-state index in [-0.39, 0.29) is 0 Å². The Labute approximate surface area is 92.6 Å². The molecule has 0 saturated carbocycles. The Balaban J connectivity index is 2.70. The molecule has 1 amide bonds. The lowest BCUT2D eigenvalue weighted by molar-refractivity contribution is -0.139. The van der Waals surface area contributed by atoms with Gasteiger partial charge >= 0.3 is 5.97 Å². The summed E-state index contributed by atoms with van der Waals surface area (Å²) in [4.78, 5) is 23.3. The van der Waals surface area contributed by atoms with Crippen LogP contribution in [0.4, 0.5) is 5.88 Å². The molecule has 1 aromatic rings. The average Bonchev–Trinajstić information content (AvgIpc) is 2.61. The number of likely N-dealkylation sites (N-methyl/N-ethyl adjacent to an activating group) is 1. The number of rotatable bonds is 4. The summed E-state index contributed by atoms with van der Waals surface area (Å²) in [6.45, 7) is 1.75. The Bertz CT molecular complexity index is 399. The van der Waals surface area contributed by atoms with Gasteiger partial charge in [-0.25, -0.2) is 0 Å². The third-order valence-electron chi connectivity index (χ3n) is 2.10. The Morgan fingerprint density at radius 3 is 2.62 bits per heavy atom. The predicted molar refractivity (Wildman–Crippen MR) is 57.1 cm³/mol. The Hall–Kier alpha value is -1.82. The first-order valence-electron chi connectivity index (χ1n) is 4.73. The lowest BCUT2D eigenvalue weighted by Gasteiger charge is -2.17. The van der Waals surface area contributed by atoms with Crippen molar-refractivity contribution >= 4 is 17.8 Å². The van der Waals surface area contributed by atoms with Gasteiger partial charge in [-0.15, -0.1) is 0 Å². The van der Waals surface area contributed by atoms with E-state index in [9.17, 15) is 9.59 Å². The Morgan fingerprint density at radius 2 is 2.19 bits per heavy atom. The highest BCUT2D eigenvalue weighted by Crippen LogP contribution is 2.17. The van der Waals surface area contributed by atoms with Gasteiger partial charge in [0.2, 0.25) is 11.8 Å². The number of aryl methyl sites for hydroxylation is 1. The molecule has 0 spiro atoms. The Morgan fingerprint density at radius 1 is 1.56 bits per heavy atom. The highest BCUT2D eigenvalue weighted by Gasteiger charge is 2.23. The van der Waals surface area contributed by atoms with Crippen LogP contribution in [0.15, 0.2) is 16.5 Å². The van der Waals surface area contributed by atoms with Gasteiger partial charge in [-0.2, -0.15) is 0 Å². The van der Waals surface area contributed by atoms with E-state index in [1.807, 2.05) is 0 Å². The van der Waals surface area contributed by atoms with Crippen LogP contribution in [0.1, 0.15) is 12.2 Å². The number of amides is 1. The van der Waals surface area contributed by atoms with Crippen LogP contribution in [0, 0.1) is 6.92 Å². The molecule has 0 fully saturated rings. The molecular weight excluding hydrogens is 212 g/mol. The lowest BCUT2D eigenvalue weighted by Crippen LogP contribution is -2.43. The third-order valence-corrected chi connectivity index (χ3v) is 2.10. The van der Waals surface area contributed by atoms with E-state index < -0.39 is 24.3 Å². The van der Waals surface area contributed by atoms with Crippen molar-refractivity contribution in [2.45, 2.75) is 19.4 Å². The smallest absolute Gasteiger partial charge is 0.305 e.